The number of hydrogen-bond donors (Lipinski definition) is 1. The first-order valence-electron chi connectivity index (χ1n) is 7.51. The van der Waals surface area contributed by atoms with Gasteiger partial charge in [-0.3, -0.25) is 4.55 Å². The molecule has 3 saturated carbocycles. The van der Waals surface area contributed by atoms with Crippen molar-refractivity contribution in [3.05, 3.63) is 0 Å². The highest BCUT2D eigenvalue weighted by Crippen LogP contribution is 2.62. The predicted molar refractivity (Wildman–Crippen MR) is 70.8 cm³/mol. The SMILES string of the molecule is CCC(F)(CC1CC2CC1C1CCCC21)S(=O)(=O)O. The predicted octanol–water partition coefficient (Wildman–Crippen LogP) is 3.41. The fourth-order valence-corrected chi connectivity index (χ4v) is 6.06. The number of halogens is 1. The lowest BCUT2D eigenvalue weighted by Gasteiger charge is -2.34. The molecular formula is C14H23FO3S. The average molecular weight is 290 g/mol. The van der Waals surface area contributed by atoms with E-state index in [1.54, 1.807) is 0 Å². The Hall–Kier alpha value is -0.160. The van der Waals surface area contributed by atoms with Crippen molar-refractivity contribution in [3.63, 3.8) is 0 Å². The molecule has 3 nitrogen and oxygen atoms in total. The lowest BCUT2D eigenvalue weighted by molar-refractivity contribution is 0.121. The fraction of sp³-hybridized carbons (Fsp3) is 1.00. The van der Waals surface area contributed by atoms with E-state index in [1.165, 1.54) is 26.2 Å². The third-order valence-corrected chi connectivity index (χ3v) is 7.50. The highest BCUT2D eigenvalue weighted by molar-refractivity contribution is 7.87. The molecule has 0 aromatic rings. The summed E-state index contributed by atoms with van der Waals surface area (Å²) in [6, 6.07) is 0. The molecular weight excluding hydrogens is 267 g/mol. The summed E-state index contributed by atoms with van der Waals surface area (Å²) in [7, 11) is -4.61. The summed E-state index contributed by atoms with van der Waals surface area (Å²) in [5, 5.41) is -2.43. The van der Waals surface area contributed by atoms with Crippen molar-refractivity contribution in [3.8, 4) is 0 Å². The molecule has 5 heteroatoms. The van der Waals surface area contributed by atoms with Crippen LogP contribution in [0.25, 0.3) is 0 Å². The van der Waals surface area contributed by atoms with Crippen LogP contribution in [0.2, 0.25) is 0 Å². The minimum atomic E-state index is -4.61. The van der Waals surface area contributed by atoms with E-state index in [0.717, 1.165) is 18.8 Å². The maximum atomic E-state index is 14.5. The van der Waals surface area contributed by atoms with Crippen LogP contribution < -0.4 is 0 Å². The van der Waals surface area contributed by atoms with Crippen LogP contribution in [0.4, 0.5) is 4.39 Å². The molecule has 19 heavy (non-hydrogen) atoms. The van der Waals surface area contributed by atoms with Gasteiger partial charge in [0.2, 0.25) is 5.00 Å². The molecule has 3 aliphatic rings. The summed E-state index contributed by atoms with van der Waals surface area (Å²) < 4.78 is 46.2. The molecule has 0 spiro atoms. The van der Waals surface area contributed by atoms with Gasteiger partial charge < -0.3 is 0 Å². The maximum Gasteiger partial charge on any atom is 0.300 e. The molecule has 0 aromatic heterocycles. The second kappa shape index (κ2) is 4.42. The second-order valence-corrected chi connectivity index (χ2v) is 8.51. The van der Waals surface area contributed by atoms with Crippen LogP contribution in [0.3, 0.4) is 0 Å². The van der Waals surface area contributed by atoms with Crippen molar-refractivity contribution in [1.29, 1.82) is 0 Å². The fourth-order valence-electron chi connectivity index (χ4n) is 5.27. The largest absolute Gasteiger partial charge is 0.300 e. The molecule has 0 aliphatic heterocycles. The summed E-state index contributed by atoms with van der Waals surface area (Å²) >= 11 is 0. The van der Waals surface area contributed by atoms with E-state index in [4.69, 9.17) is 4.55 Å². The van der Waals surface area contributed by atoms with E-state index in [0.29, 0.717) is 17.8 Å². The molecule has 0 radical (unpaired) electrons. The molecule has 3 fully saturated rings. The van der Waals surface area contributed by atoms with Crippen molar-refractivity contribution in [2.75, 3.05) is 0 Å². The molecule has 1 N–H and O–H groups in total. The normalized spacial score (nSPS) is 44.3. The quantitative estimate of drug-likeness (QED) is 0.807. The third kappa shape index (κ3) is 2.04. The van der Waals surface area contributed by atoms with Gasteiger partial charge in [-0.2, -0.15) is 8.42 Å². The Labute approximate surface area is 114 Å². The van der Waals surface area contributed by atoms with Gasteiger partial charge in [-0.25, -0.2) is 4.39 Å². The molecule has 0 amide bonds. The van der Waals surface area contributed by atoms with Crippen LogP contribution in [0.5, 0.6) is 0 Å². The number of rotatable bonds is 4. The first-order valence-corrected chi connectivity index (χ1v) is 8.95. The minimum absolute atomic E-state index is 0.00722. The Balaban J connectivity index is 1.75. The van der Waals surface area contributed by atoms with Crippen molar-refractivity contribution in [2.45, 2.75) is 56.9 Å². The Kier molecular flexibility index (Phi) is 3.21. The molecule has 0 saturated heterocycles. The Bertz CT molecular complexity index is 463. The van der Waals surface area contributed by atoms with Gasteiger partial charge in [-0.1, -0.05) is 13.3 Å². The summed E-state index contributed by atoms with van der Waals surface area (Å²) in [5.41, 5.74) is 0. The summed E-state index contributed by atoms with van der Waals surface area (Å²) in [4.78, 5) is 0. The summed E-state index contributed by atoms with van der Waals surface area (Å²) in [5.74, 6) is 2.86. The molecule has 6 unspecified atom stereocenters. The maximum absolute atomic E-state index is 14.5. The zero-order chi connectivity index (χ0) is 13.8. The minimum Gasteiger partial charge on any atom is -0.283 e. The first kappa shape index (κ1) is 13.8. The van der Waals surface area contributed by atoms with E-state index in [9.17, 15) is 12.8 Å². The van der Waals surface area contributed by atoms with Gasteiger partial charge in [0.25, 0.3) is 10.1 Å². The van der Waals surface area contributed by atoms with Crippen molar-refractivity contribution >= 4 is 10.1 Å². The highest BCUT2D eigenvalue weighted by atomic mass is 32.2. The van der Waals surface area contributed by atoms with Crippen molar-refractivity contribution < 1.29 is 17.4 Å². The Morgan fingerprint density at radius 2 is 1.89 bits per heavy atom. The zero-order valence-corrected chi connectivity index (χ0v) is 12.2. The van der Waals surface area contributed by atoms with Gasteiger partial charge in [0, 0.05) is 6.42 Å². The smallest absolute Gasteiger partial charge is 0.283 e. The Morgan fingerprint density at radius 3 is 2.53 bits per heavy atom. The number of fused-ring (bicyclic) bond motifs is 5. The van der Waals surface area contributed by atoms with E-state index in [-0.39, 0.29) is 18.8 Å². The van der Waals surface area contributed by atoms with E-state index < -0.39 is 15.1 Å². The van der Waals surface area contributed by atoms with Gasteiger partial charge >= 0.3 is 0 Å². The topological polar surface area (TPSA) is 54.4 Å². The van der Waals surface area contributed by atoms with Gasteiger partial charge in [-0.15, -0.1) is 0 Å². The van der Waals surface area contributed by atoms with Gasteiger partial charge in [0.1, 0.15) is 0 Å². The van der Waals surface area contributed by atoms with Crippen LogP contribution in [-0.2, 0) is 10.1 Å². The lowest BCUT2D eigenvalue weighted by atomic mass is 9.74. The van der Waals surface area contributed by atoms with Crippen LogP contribution in [-0.4, -0.2) is 18.0 Å². The molecule has 3 rings (SSSR count). The second-order valence-electron chi connectivity index (χ2n) is 6.83. The lowest BCUT2D eigenvalue weighted by Crippen LogP contribution is -2.37. The van der Waals surface area contributed by atoms with Gasteiger partial charge in [0.15, 0.2) is 0 Å². The highest BCUT2D eigenvalue weighted by Gasteiger charge is 2.56. The van der Waals surface area contributed by atoms with E-state index in [2.05, 4.69) is 0 Å². The molecule has 110 valence electrons. The first-order chi connectivity index (χ1) is 8.86. The Morgan fingerprint density at radius 1 is 1.21 bits per heavy atom. The van der Waals surface area contributed by atoms with E-state index in [1.807, 2.05) is 0 Å². The van der Waals surface area contributed by atoms with Crippen LogP contribution in [0, 0.1) is 29.6 Å². The van der Waals surface area contributed by atoms with Crippen LogP contribution in [0.15, 0.2) is 0 Å². The third-order valence-electron chi connectivity index (χ3n) is 6.12. The monoisotopic (exact) mass is 290 g/mol. The average Bonchev–Trinajstić information content (AvgIpc) is 2.98. The molecule has 0 heterocycles. The van der Waals surface area contributed by atoms with Crippen molar-refractivity contribution in [1.82, 2.24) is 0 Å². The standard InChI is InChI=1S/C14H23FO3S/c1-2-14(15,19(16,17)18)8-10-6-9-7-13(10)12-5-3-4-11(9)12/h9-13H,2-8H2,1H3,(H,16,17,18). The zero-order valence-electron chi connectivity index (χ0n) is 11.4. The van der Waals surface area contributed by atoms with E-state index >= 15 is 0 Å². The molecule has 0 aromatic carbocycles. The molecule has 6 atom stereocenters. The number of alkyl halides is 1. The number of hydrogen-bond acceptors (Lipinski definition) is 2. The molecule has 2 bridgehead atoms. The van der Waals surface area contributed by atoms with Crippen LogP contribution in [0.1, 0.15) is 51.9 Å². The molecule has 3 aliphatic carbocycles. The van der Waals surface area contributed by atoms with Crippen LogP contribution >= 0.6 is 0 Å². The summed E-state index contributed by atoms with van der Waals surface area (Å²) in [6.07, 6.45) is 5.78. The summed E-state index contributed by atoms with van der Waals surface area (Å²) in [6.45, 7) is 1.50. The van der Waals surface area contributed by atoms with Gasteiger partial charge in [-0.05, 0) is 61.7 Å². The van der Waals surface area contributed by atoms with Gasteiger partial charge in [0.05, 0.1) is 0 Å². The van der Waals surface area contributed by atoms with Crippen molar-refractivity contribution in [2.24, 2.45) is 29.6 Å².